The number of piperidine rings is 1. The predicted octanol–water partition coefficient (Wildman–Crippen LogP) is 2.67. The standard InChI is InChI=1S/C17H28N2O3/c1-17(21-11-12-22-17)15-7-4-10-19(13-15)16(20)18-9-8-14-5-2-3-6-14/h5,15H,2-4,6-13H2,1H3,(H,18,20). The topological polar surface area (TPSA) is 50.8 Å². The van der Waals surface area contributed by atoms with E-state index in [1.54, 1.807) is 0 Å². The number of carbonyl (C=O) groups is 1. The molecule has 2 fully saturated rings. The molecular formula is C17H28N2O3. The van der Waals surface area contributed by atoms with Gasteiger partial charge in [0.2, 0.25) is 0 Å². The summed E-state index contributed by atoms with van der Waals surface area (Å²) in [5, 5.41) is 3.07. The summed E-state index contributed by atoms with van der Waals surface area (Å²) in [6.07, 6.45) is 9.07. The minimum absolute atomic E-state index is 0.0601. The first-order valence-corrected chi connectivity index (χ1v) is 8.66. The molecule has 2 aliphatic heterocycles. The molecule has 1 atom stereocenters. The van der Waals surface area contributed by atoms with Gasteiger partial charge >= 0.3 is 6.03 Å². The molecule has 0 saturated carbocycles. The van der Waals surface area contributed by atoms with E-state index in [0.717, 1.165) is 38.9 Å². The van der Waals surface area contributed by atoms with Crippen LogP contribution in [0.4, 0.5) is 4.79 Å². The Morgan fingerprint density at radius 1 is 1.41 bits per heavy atom. The van der Waals surface area contributed by atoms with Crippen molar-refractivity contribution in [3.05, 3.63) is 11.6 Å². The molecule has 1 N–H and O–H groups in total. The number of likely N-dealkylation sites (tertiary alicyclic amines) is 1. The Labute approximate surface area is 133 Å². The van der Waals surface area contributed by atoms with E-state index in [1.807, 2.05) is 11.8 Å². The van der Waals surface area contributed by atoms with Crippen molar-refractivity contribution >= 4 is 6.03 Å². The maximum absolute atomic E-state index is 12.4. The van der Waals surface area contributed by atoms with Gasteiger partial charge in [0, 0.05) is 25.6 Å². The third-order valence-electron chi connectivity index (χ3n) is 5.17. The van der Waals surface area contributed by atoms with Crippen LogP contribution in [0.25, 0.3) is 0 Å². The van der Waals surface area contributed by atoms with Crippen molar-refractivity contribution in [3.63, 3.8) is 0 Å². The number of nitrogens with one attached hydrogen (secondary N) is 1. The van der Waals surface area contributed by atoms with Gasteiger partial charge in [0.05, 0.1) is 13.2 Å². The molecule has 2 amide bonds. The number of ether oxygens (including phenoxy) is 2. The molecule has 0 aromatic carbocycles. The lowest BCUT2D eigenvalue weighted by molar-refractivity contribution is -0.189. The fourth-order valence-electron chi connectivity index (χ4n) is 3.76. The highest BCUT2D eigenvalue weighted by Gasteiger charge is 2.42. The lowest BCUT2D eigenvalue weighted by Gasteiger charge is -2.39. The van der Waals surface area contributed by atoms with Crippen molar-refractivity contribution in [2.24, 2.45) is 5.92 Å². The Kier molecular flexibility index (Phi) is 5.03. The smallest absolute Gasteiger partial charge is 0.317 e. The van der Waals surface area contributed by atoms with Gasteiger partial charge < -0.3 is 19.7 Å². The number of allylic oxidation sites excluding steroid dienone is 1. The Morgan fingerprint density at radius 3 is 2.95 bits per heavy atom. The molecule has 3 aliphatic rings. The maximum Gasteiger partial charge on any atom is 0.317 e. The Bertz CT molecular complexity index is 430. The number of carbonyl (C=O) groups excluding carboxylic acids is 1. The van der Waals surface area contributed by atoms with E-state index < -0.39 is 5.79 Å². The van der Waals surface area contributed by atoms with Gasteiger partial charge in [0.15, 0.2) is 5.79 Å². The maximum atomic E-state index is 12.4. The molecule has 3 rings (SSSR count). The zero-order valence-electron chi connectivity index (χ0n) is 13.6. The minimum Gasteiger partial charge on any atom is -0.347 e. The molecule has 2 saturated heterocycles. The van der Waals surface area contributed by atoms with Crippen molar-refractivity contribution < 1.29 is 14.3 Å². The normalized spacial score (nSPS) is 27.8. The molecule has 0 aromatic heterocycles. The molecule has 5 nitrogen and oxygen atoms in total. The van der Waals surface area contributed by atoms with E-state index in [2.05, 4.69) is 11.4 Å². The average Bonchev–Trinajstić information content (AvgIpc) is 3.20. The largest absolute Gasteiger partial charge is 0.347 e. The van der Waals surface area contributed by atoms with Gasteiger partial charge in [-0.1, -0.05) is 11.6 Å². The number of hydrogen-bond acceptors (Lipinski definition) is 3. The van der Waals surface area contributed by atoms with Gasteiger partial charge in [-0.2, -0.15) is 0 Å². The van der Waals surface area contributed by atoms with Crippen LogP contribution in [0.15, 0.2) is 11.6 Å². The first-order valence-electron chi connectivity index (χ1n) is 8.66. The van der Waals surface area contributed by atoms with Gasteiger partial charge in [0.25, 0.3) is 0 Å². The zero-order chi connectivity index (χ0) is 15.4. The zero-order valence-corrected chi connectivity index (χ0v) is 13.6. The highest BCUT2D eigenvalue weighted by molar-refractivity contribution is 5.74. The van der Waals surface area contributed by atoms with Crippen LogP contribution in [-0.2, 0) is 9.47 Å². The van der Waals surface area contributed by atoms with E-state index in [9.17, 15) is 4.79 Å². The molecular weight excluding hydrogens is 280 g/mol. The molecule has 0 aromatic rings. The van der Waals surface area contributed by atoms with Crippen LogP contribution in [0.2, 0.25) is 0 Å². The first-order chi connectivity index (χ1) is 10.7. The number of urea groups is 1. The van der Waals surface area contributed by atoms with Crippen molar-refractivity contribution in [1.29, 1.82) is 0 Å². The highest BCUT2D eigenvalue weighted by atomic mass is 16.7. The summed E-state index contributed by atoms with van der Waals surface area (Å²) >= 11 is 0. The van der Waals surface area contributed by atoms with E-state index in [0.29, 0.717) is 13.2 Å². The Hall–Kier alpha value is -1.07. The van der Waals surface area contributed by atoms with Crippen LogP contribution >= 0.6 is 0 Å². The number of amides is 2. The first kappa shape index (κ1) is 15.8. The van der Waals surface area contributed by atoms with Crippen LogP contribution in [0.1, 0.15) is 45.4 Å². The molecule has 0 spiro atoms. The van der Waals surface area contributed by atoms with E-state index in [4.69, 9.17) is 9.47 Å². The Morgan fingerprint density at radius 2 is 2.23 bits per heavy atom. The van der Waals surface area contributed by atoms with Crippen LogP contribution in [0.5, 0.6) is 0 Å². The second-order valence-electron chi connectivity index (χ2n) is 6.73. The van der Waals surface area contributed by atoms with Crippen molar-refractivity contribution in [1.82, 2.24) is 10.2 Å². The summed E-state index contributed by atoms with van der Waals surface area (Å²) in [6.45, 7) is 5.64. The Balaban J connectivity index is 1.45. The molecule has 124 valence electrons. The van der Waals surface area contributed by atoms with Crippen molar-refractivity contribution in [2.75, 3.05) is 32.8 Å². The third kappa shape index (κ3) is 3.63. The third-order valence-corrected chi connectivity index (χ3v) is 5.17. The summed E-state index contributed by atoms with van der Waals surface area (Å²) < 4.78 is 11.5. The van der Waals surface area contributed by atoms with Crippen LogP contribution in [0.3, 0.4) is 0 Å². The number of rotatable bonds is 4. The van der Waals surface area contributed by atoms with Crippen molar-refractivity contribution in [3.8, 4) is 0 Å². The van der Waals surface area contributed by atoms with Gasteiger partial charge in [-0.25, -0.2) is 4.79 Å². The lowest BCUT2D eigenvalue weighted by atomic mass is 9.90. The molecule has 1 aliphatic carbocycles. The second-order valence-corrected chi connectivity index (χ2v) is 6.73. The molecule has 2 heterocycles. The monoisotopic (exact) mass is 308 g/mol. The summed E-state index contributed by atoms with van der Waals surface area (Å²) in [5.74, 6) is -0.236. The highest BCUT2D eigenvalue weighted by Crippen LogP contribution is 2.34. The summed E-state index contributed by atoms with van der Waals surface area (Å²) in [4.78, 5) is 14.3. The summed E-state index contributed by atoms with van der Waals surface area (Å²) in [6, 6.07) is 0.0601. The number of nitrogens with zero attached hydrogens (tertiary/aromatic N) is 1. The fraction of sp³-hybridized carbons (Fsp3) is 0.824. The average molecular weight is 308 g/mol. The molecule has 0 bridgehead atoms. The SMILES string of the molecule is CC1(C2CCCN(C(=O)NCCC3=CCCC3)C2)OCCO1. The molecule has 5 heteroatoms. The minimum atomic E-state index is -0.506. The van der Waals surface area contributed by atoms with Gasteiger partial charge in [-0.15, -0.1) is 0 Å². The molecule has 0 radical (unpaired) electrons. The molecule has 22 heavy (non-hydrogen) atoms. The van der Waals surface area contributed by atoms with Gasteiger partial charge in [0.1, 0.15) is 0 Å². The van der Waals surface area contributed by atoms with E-state index in [-0.39, 0.29) is 11.9 Å². The van der Waals surface area contributed by atoms with Crippen LogP contribution in [-0.4, -0.2) is 49.6 Å². The summed E-state index contributed by atoms with van der Waals surface area (Å²) in [5.41, 5.74) is 1.50. The number of hydrogen-bond donors (Lipinski definition) is 1. The second kappa shape index (κ2) is 7.01. The van der Waals surface area contributed by atoms with Crippen LogP contribution < -0.4 is 5.32 Å². The predicted molar refractivity (Wildman–Crippen MR) is 84.6 cm³/mol. The van der Waals surface area contributed by atoms with E-state index in [1.165, 1.54) is 24.8 Å². The van der Waals surface area contributed by atoms with Crippen LogP contribution in [0, 0.1) is 5.92 Å². The fourth-order valence-corrected chi connectivity index (χ4v) is 3.76. The van der Waals surface area contributed by atoms with Gasteiger partial charge in [-0.05, 0) is 45.4 Å². The molecule has 1 unspecified atom stereocenters. The lowest BCUT2D eigenvalue weighted by Crippen LogP contribution is -2.51. The van der Waals surface area contributed by atoms with Gasteiger partial charge in [-0.3, -0.25) is 0 Å². The van der Waals surface area contributed by atoms with Crippen molar-refractivity contribution in [2.45, 2.75) is 51.2 Å². The van der Waals surface area contributed by atoms with E-state index >= 15 is 0 Å². The summed E-state index contributed by atoms with van der Waals surface area (Å²) in [7, 11) is 0. The quantitative estimate of drug-likeness (QED) is 0.812.